The number of hydrogen-bond acceptors (Lipinski definition) is 4. The molecular weight excluding hydrogens is 272 g/mol. The summed E-state index contributed by atoms with van der Waals surface area (Å²) in [5, 5.41) is 17.9. The first-order valence-electron chi connectivity index (χ1n) is 7.92. The van der Waals surface area contributed by atoms with Crippen molar-refractivity contribution in [1.82, 2.24) is 0 Å². The summed E-state index contributed by atoms with van der Waals surface area (Å²) in [4.78, 5) is 10.6. The molecule has 1 aliphatic rings. The van der Waals surface area contributed by atoms with Gasteiger partial charge in [0.05, 0.1) is 19.3 Å². The smallest absolute Gasteiger partial charge is 0.328 e. The molecular formula is C16H28O5. The molecule has 0 saturated carbocycles. The first-order chi connectivity index (χ1) is 10.0. The van der Waals surface area contributed by atoms with Crippen LogP contribution in [0.25, 0.3) is 0 Å². The lowest BCUT2D eigenvalue weighted by atomic mass is 10.0. The van der Waals surface area contributed by atoms with Crippen LogP contribution < -0.4 is 0 Å². The van der Waals surface area contributed by atoms with Crippen molar-refractivity contribution < 1.29 is 24.5 Å². The Morgan fingerprint density at radius 1 is 1.14 bits per heavy atom. The van der Waals surface area contributed by atoms with Crippen molar-refractivity contribution in [2.75, 3.05) is 13.2 Å². The molecule has 1 unspecified atom stereocenters. The lowest BCUT2D eigenvalue weighted by Gasteiger charge is -2.23. The SMILES string of the molecule is CC(O)CCCCCCCCC1(/C=C/C(=O)O)OCCO1. The first kappa shape index (κ1) is 18.1. The third kappa shape index (κ3) is 8.19. The number of hydrogen-bond donors (Lipinski definition) is 2. The van der Waals surface area contributed by atoms with Crippen LogP contribution in [0.5, 0.6) is 0 Å². The van der Waals surface area contributed by atoms with Crippen molar-refractivity contribution >= 4 is 5.97 Å². The molecule has 5 heteroatoms. The van der Waals surface area contributed by atoms with E-state index >= 15 is 0 Å². The Hall–Kier alpha value is -0.910. The Labute approximate surface area is 126 Å². The molecule has 0 spiro atoms. The average molecular weight is 300 g/mol. The van der Waals surface area contributed by atoms with Gasteiger partial charge >= 0.3 is 5.97 Å². The zero-order chi connectivity index (χ0) is 15.6. The monoisotopic (exact) mass is 300 g/mol. The van der Waals surface area contributed by atoms with Gasteiger partial charge in [-0.3, -0.25) is 0 Å². The van der Waals surface area contributed by atoms with Crippen LogP contribution in [0.4, 0.5) is 0 Å². The van der Waals surface area contributed by atoms with Crippen molar-refractivity contribution in [2.45, 2.75) is 70.2 Å². The van der Waals surface area contributed by atoms with E-state index in [0.29, 0.717) is 19.6 Å². The van der Waals surface area contributed by atoms with Crippen molar-refractivity contribution in [1.29, 1.82) is 0 Å². The second-order valence-electron chi connectivity index (χ2n) is 5.69. The molecule has 1 atom stereocenters. The molecule has 0 amide bonds. The molecule has 122 valence electrons. The highest BCUT2D eigenvalue weighted by Crippen LogP contribution is 2.27. The highest BCUT2D eigenvalue weighted by Gasteiger charge is 2.33. The normalized spacial score (nSPS) is 19.1. The summed E-state index contributed by atoms with van der Waals surface area (Å²) in [6.45, 7) is 2.86. The molecule has 0 bridgehead atoms. The minimum atomic E-state index is -0.980. The van der Waals surface area contributed by atoms with Crippen LogP contribution in [-0.4, -0.2) is 41.3 Å². The molecule has 0 radical (unpaired) electrons. The Bertz CT molecular complexity index is 319. The zero-order valence-corrected chi connectivity index (χ0v) is 12.9. The summed E-state index contributed by atoms with van der Waals surface area (Å²) in [5.74, 6) is -1.81. The Kier molecular flexibility index (Phi) is 8.57. The molecule has 0 aromatic rings. The van der Waals surface area contributed by atoms with Gasteiger partial charge in [0.2, 0.25) is 0 Å². The van der Waals surface area contributed by atoms with Crippen molar-refractivity contribution in [2.24, 2.45) is 0 Å². The van der Waals surface area contributed by atoms with E-state index in [2.05, 4.69) is 0 Å². The van der Waals surface area contributed by atoms with E-state index in [9.17, 15) is 4.79 Å². The summed E-state index contributed by atoms with van der Waals surface area (Å²) in [6, 6.07) is 0. The first-order valence-corrected chi connectivity index (χ1v) is 7.92. The number of aliphatic carboxylic acids is 1. The summed E-state index contributed by atoms with van der Waals surface area (Å²) >= 11 is 0. The predicted octanol–water partition coefficient (Wildman–Crippen LogP) is 2.87. The van der Waals surface area contributed by atoms with Crippen LogP contribution in [0.1, 0.15) is 58.3 Å². The average Bonchev–Trinajstić information content (AvgIpc) is 2.88. The zero-order valence-electron chi connectivity index (χ0n) is 12.9. The van der Waals surface area contributed by atoms with E-state index in [4.69, 9.17) is 19.7 Å². The highest BCUT2D eigenvalue weighted by atomic mass is 16.7. The molecule has 0 aromatic carbocycles. The molecule has 21 heavy (non-hydrogen) atoms. The summed E-state index contributed by atoms with van der Waals surface area (Å²) in [7, 11) is 0. The topological polar surface area (TPSA) is 76.0 Å². The lowest BCUT2D eigenvalue weighted by molar-refractivity contribution is -0.134. The fourth-order valence-electron chi connectivity index (χ4n) is 2.51. The maximum atomic E-state index is 10.6. The van der Waals surface area contributed by atoms with Crippen molar-refractivity contribution in [3.8, 4) is 0 Å². The van der Waals surface area contributed by atoms with Gasteiger partial charge in [0, 0.05) is 12.5 Å². The van der Waals surface area contributed by atoms with Gasteiger partial charge in [-0.25, -0.2) is 4.79 Å². The number of ether oxygens (including phenoxy) is 2. The molecule has 5 nitrogen and oxygen atoms in total. The quantitative estimate of drug-likeness (QED) is 0.453. The second kappa shape index (κ2) is 9.92. The van der Waals surface area contributed by atoms with Crippen LogP contribution in [0.3, 0.4) is 0 Å². The molecule has 0 aliphatic carbocycles. The highest BCUT2D eigenvalue weighted by molar-refractivity contribution is 5.79. The molecule has 1 aliphatic heterocycles. The number of unbranched alkanes of at least 4 members (excludes halogenated alkanes) is 5. The summed E-state index contributed by atoms with van der Waals surface area (Å²) < 4.78 is 11.1. The largest absolute Gasteiger partial charge is 0.478 e. The molecule has 1 fully saturated rings. The van der Waals surface area contributed by atoms with E-state index in [1.54, 1.807) is 0 Å². The van der Waals surface area contributed by atoms with E-state index < -0.39 is 11.8 Å². The van der Waals surface area contributed by atoms with Gasteiger partial charge in [-0.1, -0.05) is 32.1 Å². The minimum Gasteiger partial charge on any atom is -0.478 e. The van der Waals surface area contributed by atoms with Gasteiger partial charge in [-0.15, -0.1) is 0 Å². The number of carboxylic acids is 1. The predicted molar refractivity (Wildman–Crippen MR) is 80.0 cm³/mol. The number of aliphatic hydroxyl groups excluding tert-OH is 1. The van der Waals surface area contributed by atoms with Gasteiger partial charge in [0.15, 0.2) is 5.79 Å². The summed E-state index contributed by atoms with van der Waals surface area (Å²) in [5.41, 5.74) is 0. The standard InChI is InChI=1S/C16H28O5/c1-14(17)8-6-4-2-3-5-7-10-16(11-9-15(18)19)20-12-13-21-16/h9,11,14,17H,2-8,10,12-13H2,1H3,(H,18,19)/b11-9+. The fourth-order valence-corrected chi connectivity index (χ4v) is 2.51. The fraction of sp³-hybridized carbons (Fsp3) is 0.812. The maximum Gasteiger partial charge on any atom is 0.328 e. The summed E-state index contributed by atoms with van der Waals surface area (Å²) in [6.07, 6.45) is 10.6. The number of carboxylic acid groups (broad SMARTS) is 1. The molecule has 1 saturated heterocycles. The van der Waals surface area contributed by atoms with E-state index in [-0.39, 0.29) is 6.10 Å². The van der Waals surface area contributed by atoms with Crippen LogP contribution in [0.15, 0.2) is 12.2 Å². The van der Waals surface area contributed by atoms with E-state index in [1.807, 2.05) is 6.92 Å². The van der Waals surface area contributed by atoms with Gasteiger partial charge in [0.25, 0.3) is 0 Å². The van der Waals surface area contributed by atoms with E-state index in [1.165, 1.54) is 12.5 Å². The van der Waals surface area contributed by atoms with Crippen LogP contribution in [0.2, 0.25) is 0 Å². The Morgan fingerprint density at radius 3 is 2.29 bits per heavy atom. The molecule has 1 rings (SSSR count). The van der Waals surface area contributed by atoms with Gasteiger partial charge < -0.3 is 19.7 Å². The number of rotatable bonds is 11. The molecule has 2 N–H and O–H groups in total. The van der Waals surface area contributed by atoms with Gasteiger partial charge in [0.1, 0.15) is 0 Å². The van der Waals surface area contributed by atoms with Crippen molar-refractivity contribution in [3.05, 3.63) is 12.2 Å². The Balaban J connectivity index is 2.13. The van der Waals surface area contributed by atoms with Crippen molar-refractivity contribution in [3.63, 3.8) is 0 Å². The molecule has 1 heterocycles. The third-order valence-electron chi connectivity index (χ3n) is 3.65. The van der Waals surface area contributed by atoms with Crippen LogP contribution in [0, 0.1) is 0 Å². The minimum absolute atomic E-state index is 0.192. The third-order valence-corrected chi connectivity index (χ3v) is 3.65. The Morgan fingerprint density at radius 2 is 1.71 bits per heavy atom. The van der Waals surface area contributed by atoms with E-state index in [0.717, 1.165) is 44.6 Å². The lowest BCUT2D eigenvalue weighted by Crippen LogP contribution is -2.27. The second-order valence-corrected chi connectivity index (χ2v) is 5.69. The maximum absolute atomic E-state index is 10.6. The van der Waals surface area contributed by atoms with Gasteiger partial charge in [-0.05, 0) is 25.8 Å². The van der Waals surface area contributed by atoms with Gasteiger partial charge in [-0.2, -0.15) is 0 Å². The van der Waals surface area contributed by atoms with Crippen LogP contribution >= 0.6 is 0 Å². The van der Waals surface area contributed by atoms with Crippen LogP contribution in [-0.2, 0) is 14.3 Å². The number of aliphatic hydroxyl groups is 1. The number of carbonyl (C=O) groups is 1. The molecule has 0 aromatic heterocycles.